The monoisotopic (exact) mass is 252 g/mol. The van der Waals surface area contributed by atoms with Crippen molar-refractivity contribution < 1.29 is 13.2 Å². The van der Waals surface area contributed by atoms with Crippen LogP contribution in [0.1, 0.15) is 30.7 Å². The molecular weight excluding hydrogens is 237 g/mol. The fourth-order valence-corrected chi connectivity index (χ4v) is 1.93. The Hall–Kier alpha value is -0.620. The van der Waals surface area contributed by atoms with E-state index in [-0.39, 0.29) is 10.5 Å². The summed E-state index contributed by atoms with van der Waals surface area (Å²) in [5.74, 6) is 0. The number of nitrogens with one attached hydrogen (secondary N) is 1. The van der Waals surface area contributed by atoms with E-state index in [0.717, 1.165) is 16.2 Å². The van der Waals surface area contributed by atoms with E-state index in [4.69, 9.17) is 0 Å². The third kappa shape index (κ3) is 5.46. The summed E-state index contributed by atoms with van der Waals surface area (Å²) in [6.07, 6.45) is -3.61. The van der Waals surface area contributed by atoms with Crippen molar-refractivity contribution in [3.05, 3.63) is 16.1 Å². The zero-order chi connectivity index (χ0) is 12.4. The summed E-state index contributed by atoms with van der Waals surface area (Å²) in [4.78, 5) is 4.59. The largest absolute Gasteiger partial charge is 0.395 e. The third-order valence-corrected chi connectivity index (χ3v) is 2.74. The number of halogens is 3. The molecule has 1 rings (SSSR count). The molecule has 2 nitrogen and oxygen atoms in total. The summed E-state index contributed by atoms with van der Waals surface area (Å²) in [6, 6.07) is 0. The van der Waals surface area contributed by atoms with Crippen LogP contribution in [0.3, 0.4) is 0 Å². The summed E-state index contributed by atoms with van der Waals surface area (Å²) < 4.78 is 36.2. The van der Waals surface area contributed by atoms with Gasteiger partial charge in [0.25, 0.3) is 0 Å². The van der Waals surface area contributed by atoms with Crippen LogP contribution >= 0.6 is 11.3 Å². The number of nitrogens with zero attached hydrogens (tertiary/aromatic N) is 1. The Balaban J connectivity index is 2.52. The fourth-order valence-electron chi connectivity index (χ4n) is 1.04. The SMILES string of the molecule is CC(C)(C)NCc1cnc(CC(F)(F)F)s1. The maximum Gasteiger partial charge on any atom is 0.395 e. The van der Waals surface area contributed by atoms with Gasteiger partial charge < -0.3 is 5.32 Å². The molecule has 0 bridgehead atoms. The molecule has 1 heterocycles. The van der Waals surface area contributed by atoms with E-state index in [9.17, 15) is 13.2 Å². The van der Waals surface area contributed by atoms with Crippen LogP contribution in [0.2, 0.25) is 0 Å². The molecule has 1 aromatic rings. The Morgan fingerprint density at radius 2 is 1.94 bits per heavy atom. The Morgan fingerprint density at radius 1 is 1.31 bits per heavy atom. The second-order valence-corrected chi connectivity index (χ2v) is 5.82. The molecule has 0 unspecified atom stereocenters. The van der Waals surface area contributed by atoms with Crippen LogP contribution < -0.4 is 5.32 Å². The first kappa shape index (κ1) is 13.4. The van der Waals surface area contributed by atoms with Crippen LogP contribution in [0.5, 0.6) is 0 Å². The number of hydrogen-bond acceptors (Lipinski definition) is 3. The Kier molecular flexibility index (Phi) is 3.96. The van der Waals surface area contributed by atoms with E-state index >= 15 is 0 Å². The number of alkyl halides is 3. The van der Waals surface area contributed by atoms with Crippen LogP contribution in [0, 0.1) is 0 Å². The molecule has 0 aliphatic heterocycles. The predicted molar refractivity (Wildman–Crippen MR) is 58.5 cm³/mol. The lowest BCUT2D eigenvalue weighted by Crippen LogP contribution is -2.34. The topological polar surface area (TPSA) is 24.9 Å². The predicted octanol–water partition coefficient (Wildman–Crippen LogP) is 3.14. The minimum Gasteiger partial charge on any atom is -0.307 e. The average Bonchev–Trinajstić information content (AvgIpc) is 2.44. The third-order valence-electron chi connectivity index (χ3n) is 1.75. The van der Waals surface area contributed by atoms with Gasteiger partial charge in [-0.1, -0.05) is 0 Å². The summed E-state index contributed by atoms with van der Waals surface area (Å²) in [6.45, 7) is 6.57. The molecule has 1 N–H and O–H groups in total. The first-order chi connectivity index (χ1) is 7.16. The van der Waals surface area contributed by atoms with Gasteiger partial charge in [-0.25, -0.2) is 4.98 Å². The summed E-state index contributed by atoms with van der Waals surface area (Å²) >= 11 is 1.11. The van der Waals surface area contributed by atoms with Gasteiger partial charge in [0.15, 0.2) is 0 Å². The minimum absolute atomic E-state index is 0.0474. The molecule has 92 valence electrons. The Labute approximate surface area is 96.9 Å². The van der Waals surface area contributed by atoms with Crippen LogP contribution in [0.15, 0.2) is 6.20 Å². The van der Waals surface area contributed by atoms with E-state index in [0.29, 0.717) is 6.54 Å². The van der Waals surface area contributed by atoms with Gasteiger partial charge in [0.2, 0.25) is 0 Å². The fraction of sp³-hybridized carbons (Fsp3) is 0.700. The molecule has 0 saturated carbocycles. The summed E-state index contributed by atoms with van der Waals surface area (Å²) in [5.41, 5.74) is -0.0474. The van der Waals surface area contributed by atoms with Crippen molar-refractivity contribution in [2.24, 2.45) is 0 Å². The van der Waals surface area contributed by atoms with Crippen molar-refractivity contribution in [2.45, 2.75) is 45.5 Å². The van der Waals surface area contributed by atoms with Crippen molar-refractivity contribution in [3.8, 4) is 0 Å². The van der Waals surface area contributed by atoms with Gasteiger partial charge in [-0.3, -0.25) is 0 Å². The van der Waals surface area contributed by atoms with Gasteiger partial charge in [-0.2, -0.15) is 13.2 Å². The van der Waals surface area contributed by atoms with Gasteiger partial charge in [0.1, 0.15) is 5.01 Å². The van der Waals surface area contributed by atoms with Crippen molar-refractivity contribution in [1.82, 2.24) is 10.3 Å². The maximum atomic E-state index is 12.1. The van der Waals surface area contributed by atoms with Gasteiger partial charge in [0.05, 0.1) is 6.42 Å². The van der Waals surface area contributed by atoms with E-state index in [2.05, 4.69) is 10.3 Å². The molecule has 6 heteroatoms. The lowest BCUT2D eigenvalue weighted by atomic mass is 10.1. The van der Waals surface area contributed by atoms with E-state index in [1.165, 1.54) is 6.20 Å². The normalized spacial score (nSPS) is 13.1. The standard InChI is InChI=1S/C10H15F3N2S/c1-9(2,3)15-6-7-5-14-8(16-7)4-10(11,12)13/h5,15H,4,6H2,1-3H3. The second-order valence-electron chi connectivity index (χ2n) is 4.62. The van der Waals surface area contributed by atoms with Gasteiger partial charge in [-0.15, -0.1) is 11.3 Å². The van der Waals surface area contributed by atoms with E-state index in [1.54, 1.807) is 0 Å². The Bertz CT molecular complexity index is 339. The van der Waals surface area contributed by atoms with Crippen molar-refractivity contribution in [2.75, 3.05) is 0 Å². The van der Waals surface area contributed by atoms with Crippen LogP contribution in [0.25, 0.3) is 0 Å². The number of hydrogen-bond donors (Lipinski definition) is 1. The number of aromatic nitrogens is 1. The van der Waals surface area contributed by atoms with Crippen LogP contribution in [-0.4, -0.2) is 16.7 Å². The number of rotatable bonds is 3. The molecule has 0 fully saturated rings. The highest BCUT2D eigenvalue weighted by Crippen LogP contribution is 2.24. The highest BCUT2D eigenvalue weighted by molar-refractivity contribution is 7.11. The van der Waals surface area contributed by atoms with Gasteiger partial charge in [0, 0.05) is 23.2 Å². The molecule has 1 aromatic heterocycles. The maximum absolute atomic E-state index is 12.1. The quantitative estimate of drug-likeness (QED) is 0.894. The first-order valence-corrected chi connectivity index (χ1v) is 5.73. The first-order valence-electron chi connectivity index (χ1n) is 4.91. The number of thiazole rings is 1. The highest BCUT2D eigenvalue weighted by atomic mass is 32.1. The molecule has 16 heavy (non-hydrogen) atoms. The lowest BCUT2D eigenvalue weighted by Gasteiger charge is -2.19. The molecule has 0 amide bonds. The van der Waals surface area contributed by atoms with Crippen molar-refractivity contribution in [3.63, 3.8) is 0 Å². The molecule has 0 radical (unpaired) electrons. The molecular formula is C10H15F3N2S. The summed E-state index contributed by atoms with van der Waals surface area (Å²) in [7, 11) is 0. The highest BCUT2D eigenvalue weighted by Gasteiger charge is 2.29. The zero-order valence-electron chi connectivity index (χ0n) is 9.48. The van der Waals surface area contributed by atoms with Gasteiger partial charge >= 0.3 is 6.18 Å². The molecule has 0 aliphatic carbocycles. The molecule has 0 atom stereocenters. The van der Waals surface area contributed by atoms with Crippen molar-refractivity contribution >= 4 is 11.3 Å². The minimum atomic E-state index is -4.17. The van der Waals surface area contributed by atoms with E-state index < -0.39 is 12.6 Å². The smallest absolute Gasteiger partial charge is 0.307 e. The molecule has 0 aliphatic rings. The van der Waals surface area contributed by atoms with Crippen LogP contribution in [-0.2, 0) is 13.0 Å². The molecule has 0 spiro atoms. The zero-order valence-corrected chi connectivity index (χ0v) is 10.3. The summed E-state index contributed by atoms with van der Waals surface area (Å²) in [5, 5.41) is 3.33. The van der Waals surface area contributed by atoms with Crippen LogP contribution in [0.4, 0.5) is 13.2 Å². The molecule has 0 aromatic carbocycles. The van der Waals surface area contributed by atoms with Gasteiger partial charge in [-0.05, 0) is 20.8 Å². The average molecular weight is 252 g/mol. The lowest BCUT2D eigenvalue weighted by molar-refractivity contribution is -0.127. The van der Waals surface area contributed by atoms with Crippen molar-refractivity contribution in [1.29, 1.82) is 0 Å². The van der Waals surface area contributed by atoms with E-state index in [1.807, 2.05) is 20.8 Å². The Morgan fingerprint density at radius 3 is 2.44 bits per heavy atom. The second kappa shape index (κ2) is 4.71. The molecule has 0 saturated heterocycles.